The molecule has 21 heavy (non-hydrogen) atoms. The van der Waals surface area contributed by atoms with Crippen LogP contribution in [0, 0.1) is 0 Å². The van der Waals surface area contributed by atoms with E-state index in [1.807, 2.05) is 55.6 Å². The average molecular weight is 278 g/mol. The first-order valence-electron chi connectivity index (χ1n) is 7.05. The van der Waals surface area contributed by atoms with Crippen molar-refractivity contribution < 1.29 is 4.74 Å². The zero-order valence-corrected chi connectivity index (χ0v) is 12.0. The molecule has 0 aliphatic heterocycles. The smallest absolute Gasteiger partial charge is 0.120 e. The van der Waals surface area contributed by atoms with Gasteiger partial charge in [-0.2, -0.15) is 0 Å². The molecule has 0 fully saturated rings. The third-order valence-corrected chi connectivity index (χ3v) is 3.49. The highest BCUT2D eigenvalue weighted by molar-refractivity contribution is 5.81. The van der Waals surface area contributed by atoms with E-state index >= 15 is 0 Å². The molecular weight excluding hydrogens is 260 g/mol. The molecule has 0 aliphatic carbocycles. The first-order valence-corrected chi connectivity index (χ1v) is 7.05. The second-order valence-corrected chi connectivity index (χ2v) is 5.14. The van der Waals surface area contributed by atoms with Crippen LogP contribution in [-0.2, 0) is 6.61 Å². The Labute approximate surface area is 124 Å². The summed E-state index contributed by atoms with van der Waals surface area (Å²) >= 11 is 0. The minimum Gasteiger partial charge on any atom is -0.489 e. The van der Waals surface area contributed by atoms with Crippen molar-refractivity contribution in [1.82, 2.24) is 4.98 Å². The molecule has 3 aromatic rings. The number of rotatable bonds is 4. The van der Waals surface area contributed by atoms with Crippen molar-refractivity contribution in [3.63, 3.8) is 0 Å². The van der Waals surface area contributed by atoms with Crippen LogP contribution in [-0.4, -0.2) is 4.98 Å². The summed E-state index contributed by atoms with van der Waals surface area (Å²) in [7, 11) is 0. The standard InChI is InChI=1S/C18H18N2O/c1-13(19)15-6-3-9-17(11-15)21-12-16-7-2-5-14-8-4-10-20-18(14)16/h2-11,13H,12,19H2,1H3. The topological polar surface area (TPSA) is 48.1 Å². The first-order chi connectivity index (χ1) is 10.2. The maximum Gasteiger partial charge on any atom is 0.120 e. The van der Waals surface area contributed by atoms with Gasteiger partial charge >= 0.3 is 0 Å². The molecule has 1 heterocycles. The van der Waals surface area contributed by atoms with Crippen LogP contribution < -0.4 is 10.5 Å². The zero-order chi connectivity index (χ0) is 14.7. The number of hydrogen-bond acceptors (Lipinski definition) is 3. The van der Waals surface area contributed by atoms with Gasteiger partial charge in [0.2, 0.25) is 0 Å². The number of pyridine rings is 1. The zero-order valence-electron chi connectivity index (χ0n) is 12.0. The molecule has 3 rings (SSSR count). The lowest BCUT2D eigenvalue weighted by molar-refractivity contribution is 0.307. The maximum absolute atomic E-state index is 5.90. The molecule has 0 bridgehead atoms. The SMILES string of the molecule is CC(N)c1cccc(OCc2cccc3cccnc23)c1. The molecule has 0 saturated heterocycles. The number of benzene rings is 2. The van der Waals surface area contributed by atoms with Gasteiger partial charge in [-0.25, -0.2) is 0 Å². The molecule has 2 N–H and O–H groups in total. The van der Waals surface area contributed by atoms with Crippen molar-refractivity contribution in [2.75, 3.05) is 0 Å². The third kappa shape index (κ3) is 3.03. The van der Waals surface area contributed by atoms with Crippen LogP contribution in [0.1, 0.15) is 24.1 Å². The van der Waals surface area contributed by atoms with Crippen molar-refractivity contribution >= 4 is 10.9 Å². The Kier molecular flexibility index (Phi) is 3.84. The summed E-state index contributed by atoms with van der Waals surface area (Å²) in [6.45, 7) is 2.46. The Morgan fingerprint density at radius 3 is 2.76 bits per heavy atom. The number of nitrogens with zero attached hydrogens (tertiary/aromatic N) is 1. The van der Waals surface area contributed by atoms with Crippen molar-refractivity contribution in [2.24, 2.45) is 5.73 Å². The van der Waals surface area contributed by atoms with Crippen LogP contribution in [0.2, 0.25) is 0 Å². The molecular formula is C18H18N2O. The van der Waals surface area contributed by atoms with Crippen LogP contribution >= 0.6 is 0 Å². The van der Waals surface area contributed by atoms with Gasteiger partial charge in [0.15, 0.2) is 0 Å². The molecule has 0 radical (unpaired) electrons. The molecule has 1 atom stereocenters. The fourth-order valence-electron chi connectivity index (χ4n) is 2.33. The van der Waals surface area contributed by atoms with Crippen molar-refractivity contribution in [2.45, 2.75) is 19.6 Å². The number of ether oxygens (including phenoxy) is 1. The van der Waals surface area contributed by atoms with E-state index in [-0.39, 0.29) is 6.04 Å². The Balaban J connectivity index is 1.82. The molecule has 3 nitrogen and oxygen atoms in total. The summed E-state index contributed by atoms with van der Waals surface area (Å²) in [5.41, 5.74) is 9.04. The van der Waals surface area contributed by atoms with Crippen LogP contribution in [0.4, 0.5) is 0 Å². The Hall–Kier alpha value is -2.39. The lowest BCUT2D eigenvalue weighted by Gasteiger charge is -2.11. The van der Waals surface area contributed by atoms with E-state index in [9.17, 15) is 0 Å². The summed E-state index contributed by atoms with van der Waals surface area (Å²) < 4.78 is 5.90. The van der Waals surface area contributed by atoms with Gasteiger partial charge in [0.1, 0.15) is 12.4 Å². The number of nitrogens with two attached hydrogens (primary N) is 1. The molecule has 106 valence electrons. The number of aromatic nitrogens is 1. The normalized spacial score (nSPS) is 12.3. The van der Waals surface area contributed by atoms with Gasteiger partial charge in [0.05, 0.1) is 5.52 Å². The molecule has 3 heteroatoms. The Bertz CT molecular complexity index is 748. The van der Waals surface area contributed by atoms with Gasteiger partial charge in [0, 0.05) is 23.2 Å². The second kappa shape index (κ2) is 5.94. The van der Waals surface area contributed by atoms with Crippen LogP contribution in [0.3, 0.4) is 0 Å². The quantitative estimate of drug-likeness (QED) is 0.789. The van der Waals surface area contributed by atoms with Crippen LogP contribution in [0.25, 0.3) is 10.9 Å². The summed E-state index contributed by atoms with van der Waals surface area (Å²) in [5.74, 6) is 0.831. The van der Waals surface area contributed by atoms with E-state index in [0.29, 0.717) is 6.61 Å². The molecule has 0 spiro atoms. The van der Waals surface area contributed by atoms with Crippen molar-refractivity contribution in [3.8, 4) is 5.75 Å². The van der Waals surface area contributed by atoms with Gasteiger partial charge in [-0.3, -0.25) is 4.98 Å². The minimum absolute atomic E-state index is 0.00720. The highest BCUT2D eigenvalue weighted by Crippen LogP contribution is 2.21. The molecule has 1 unspecified atom stereocenters. The third-order valence-electron chi connectivity index (χ3n) is 3.49. The van der Waals surface area contributed by atoms with E-state index in [0.717, 1.165) is 27.8 Å². The largest absolute Gasteiger partial charge is 0.489 e. The highest BCUT2D eigenvalue weighted by atomic mass is 16.5. The van der Waals surface area contributed by atoms with Gasteiger partial charge < -0.3 is 10.5 Å². The van der Waals surface area contributed by atoms with Crippen molar-refractivity contribution in [3.05, 3.63) is 71.9 Å². The van der Waals surface area contributed by atoms with E-state index in [2.05, 4.69) is 17.1 Å². The Morgan fingerprint density at radius 2 is 1.90 bits per heavy atom. The minimum atomic E-state index is 0.00720. The molecule has 2 aromatic carbocycles. The van der Waals surface area contributed by atoms with E-state index in [1.54, 1.807) is 0 Å². The van der Waals surface area contributed by atoms with E-state index < -0.39 is 0 Å². The molecule has 0 aliphatic rings. The van der Waals surface area contributed by atoms with Gasteiger partial charge in [-0.15, -0.1) is 0 Å². The monoisotopic (exact) mass is 278 g/mol. The number of para-hydroxylation sites is 1. The van der Waals surface area contributed by atoms with Crippen molar-refractivity contribution in [1.29, 1.82) is 0 Å². The predicted octanol–water partition coefficient (Wildman–Crippen LogP) is 3.83. The van der Waals surface area contributed by atoms with E-state index in [4.69, 9.17) is 10.5 Å². The van der Waals surface area contributed by atoms with Crippen LogP contribution in [0.5, 0.6) is 5.75 Å². The summed E-state index contributed by atoms with van der Waals surface area (Å²) in [5, 5.41) is 1.13. The van der Waals surface area contributed by atoms with Gasteiger partial charge in [0.25, 0.3) is 0 Å². The highest BCUT2D eigenvalue weighted by Gasteiger charge is 2.04. The summed E-state index contributed by atoms with van der Waals surface area (Å²) in [6, 6.07) is 18.1. The summed E-state index contributed by atoms with van der Waals surface area (Å²) in [6.07, 6.45) is 1.81. The number of hydrogen-bond donors (Lipinski definition) is 1. The average Bonchev–Trinajstić information content (AvgIpc) is 2.53. The lowest BCUT2D eigenvalue weighted by atomic mass is 10.1. The van der Waals surface area contributed by atoms with Gasteiger partial charge in [-0.1, -0.05) is 36.4 Å². The van der Waals surface area contributed by atoms with E-state index in [1.165, 1.54) is 0 Å². The predicted molar refractivity (Wildman–Crippen MR) is 85.1 cm³/mol. The lowest BCUT2D eigenvalue weighted by Crippen LogP contribution is -2.05. The fraction of sp³-hybridized carbons (Fsp3) is 0.167. The van der Waals surface area contributed by atoms with Crippen LogP contribution in [0.15, 0.2) is 60.8 Å². The number of fused-ring (bicyclic) bond motifs is 1. The molecule has 0 saturated carbocycles. The van der Waals surface area contributed by atoms with Gasteiger partial charge in [-0.05, 0) is 30.7 Å². The fourth-order valence-corrected chi connectivity index (χ4v) is 2.33. The first kappa shape index (κ1) is 13.6. The summed E-state index contributed by atoms with van der Waals surface area (Å²) in [4.78, 5) is 4.44. The molecule has 1 aromatic heterocycles. The maximum atomic E-state index is 5.90. The molecule has 0 amide bonds. The Morgan fingerprint density at radius 1 is 1.10 bits per heavy atom. The second-order valence-electron chi connectivity index (χ2n) is 5.14.